The minimum absolute atomic E-state index is 0.0477. The van der Waals surface area contributed by atoms with E-state index in [-0.39, 0.29) is 6.61 Å². The summed E-state index contributed by atoms with van der Waals surface area (Å²) in [5, 5.41) is 9.53. The summed E-state index contributed by atoms with van der Waals surface area (Å²) in [6.45, 7) is 0.0477. The van der Waals surface area contributed by atoms with Crippen molar-refractivity contribution in [3.63, 3.8) is 0 Å². The zero-order chi connectivity index (χ0) is 13.1. The van der Waals surface area contributed by atoms with Gasteiger partial charge < -0.3 is 14.8 Å². The Bertz CT molecular complexity index is 557. The van der Waals surface area contributed by atoms with E-state index in [1.807, 2.05) is 0 Å². The van der Waals surface area contributed by atoms with Crippen LogP contribution in [0, 0.1) is 0 Å². The summed E-state index contributed by atoms with van der Waals surface area (Å²) in [4.78, 5) is 7.48. The maximum Gasteiger partial charge on any atom is 0.128 e. The maximum absolute atomic E-state index is 8.91. The van der Waals surface area contributed by atoms with Crippen LogP contribution in [0.3, 0.4) is 0 Å². The number of aliphatic hydroxyl groups is 1. The minimum atomic E-state index is 0.0477. The third-order valence-corrected chi connectivity index (χ3v) is 3.28. The monoisotopic (exact) mass is 330 g/mol. The Hall–Kier alpha value is -1.04. The highest BCUT2D eigenvalue weighted by molar-refractivity contribution is 9.10. The number of rotatable bonds is 4. The van der Waals surface area contributed by atoms with Crippen molar-refractivity contribution in [2.45, 2.75) is 6.42 Å². The van der Waals surface area contributed by atoms with Crippen molar-refractivity contribution in [1.82, 2.24) is 9.97 Å². The molecule has 2 aromatic rings. The standard InChI is InChI=1S/C12H12BrClN2O2/c1-18-9-3-2-7(14)6-8(9)11-12(13)16-10(15-11)4-5-17/h2-3,6,17H,4-5H2,1H3,(H,15,16). The molecule has 1 aromatic carbocycles. The van der Waals surface area contributed by atoms with Gasteiger partial charge in [0.2, 0.25) is 0 Å². The Morgan fingerprint density at radius 3 is 2.94 bits per heavy atom. The summed E-state index contributed by atoms with van der Waals surface area (Å²) in [5.74, 6) is 1.41. The first-order valence-corrected chi connectivity index (χ1v) is 6.52. The summed E-state index contributed by atoms with van der Waals surface area (Å²) in [7, 11) is 1.60. The number of ether oxygens (including phenoxy) is 1. The van der Waals surface area contributed by atoms with Gasteiger partial charge in [0.1, 0.15) is 21.9 Å². The van der Waals surface area contributed by atoms with E-state index in [1.54, 1.807) is 25.3 Å². The van der Waals surface area contributed by atoms with Crippen LogP contribution in [0.4, 0.5) is 0 Å². The molecule has 0 fully saturated rings. The molecule has 0 saturated carbocycles. The molecule has 6 heteroatoms. The molecule has 0 amide bonds. The zero-order valence-electron chi connectivity index (χ0n) is 9.70. The lowest BCUT2D eigenvalue weighted by Gasteiger charge is -2.06. The van der Waals surface area contributed by atoms with Crippen LogP contribution in [0.1, 0.15) is 5.82 Å². The molecular weight excluding hydrogens is 320 g/mol. The number of methoxy groups -OCH3 is 1. The van der Waals surface area contributed by atoms with Gasteiger partial charge in [0.05, 0.1) is 13.7 Å². The molecular formula is C12H12BrClN2O2. The average molecular weight is 332 g/mol. The van der Waals surface area contributed by atoms with E-state index in [0.29, 0.717) is 23.0 Å². The molecule has 2 N–H and O–H groups in total. The lowest BCUT2D eigenvalue weighted by molar-refractivity contribution is 0.297. The molecule has 2 rings (SSSR count). The fraction of sp³-hybridized carbons (Fsp3) is 0.250. The van der Waals surface area contributed by atoms with Gasteiger partial charge in [-0.1, -0.05) is 11.6 Å². The maximum atomic E-state index is 8.91. The quantitative estimate of drug-likeness (QED) is 0.905. The molecule has 4 nitrogen and oxygen atoms in total. The van der Waals surface area contributed by atoms with Gasteiger partial charge in [-0.15, -0.1) is 0 Å². The first-order chi connectivity index (χ1) is 8.65. The third kappa shape index (κ3) is 2.68. The number of hydrogen-bond acceptors (Lipinski definition) is 3. The highest BCUT2D eigenvalue weighted by Gasteiger charge is 2.14. The van der Waals surface area contributed by atoms with Crippen molar-refractivity contribution in [3.8, 4) is 17.0 Å². The second kappa shape index (κ2) is 5.73. The van der Waals surface area contributed by atoms with Crippen molar-refractivity contribution in [3.05, 3.63) is 33.6 Å². The van der Waals surface area contributed by atoms with E-state index in [4.69, 9.17) is 21.4 Å². The average Bonchev–Trinajstić information content (AvgIpc) is 2.70. The van der Waals surface area contributed by atoms with Crippen LogP contribution < -0.4 is 4.74 Å². The molecule has 0 aliphatic heterocycles. The largest absolute Gasteiger partial charge is 0.496 e. The van der Waals surface area contributed by atoms with E-state index in [9.17, 15) is 0 Å². The highest BCUT2D eigenvalue weighted by atomic mass is 79.9. The van der Waals surface area contributed by atoms with Gasteiger partial charge in [0.15, 0.2) is 0 Å². The van der Waals surface area contributed by atoms with Gasteiger partial charge in [-0.25, -0.2) is 4.98 Å². The Morgan fingerprint density at radius 2 is 2.28 bits per heavy atom. The van der Waals surface area contributed by atoms with Crippen LogP contribution in [0.5, 0.6) is 5.75 Å². The lowest BCUT2D eigenvalue weighted by atomic mass is 10.1. The molecule has 1 heterocycles. The number of halogens is 2. The fourth-order valence-corrected chi connectivity index (χ4v) is 2.37. The number of aliphatic hydroxyl groups excluding tert-OH is 1. The predicted molar refractivity (Wildman–Crippen MR) is 74.1 cm³/mol. The Balaban J connectivity index is 2.50. The van der Waals surface area contributed by atoms with Gasteiger partial charge in [0.25, 0.3) is 0 Å². The van der Waals surface area contributed by atoms with E-state index >= 15 is 0 Å². The number of imidazole rings is 1. The molecule has 96 valence electrons. The van der Waals surface area contributed by atoms with E-state index in [0.717, 1.165) is 15.9 Å². The number of nitrogens with zero attached hydrogens (tertiary/aromatic N) is 1. The Morgan fingerprint density at radius 1 is 1.50 bits per heavy atom. The second-order valence-corrected chi connectivity index (χ2v) is 4.89. The summed E-state index contributed by atoms with van der Waals surface area (Å²) in [6.07, 6.45) is 0.474. The third-order valence-electron chi connectivity index (χ3n) is 2.47. The van der Waals surface area contributed by atoms with Crippen LogP contribution in [0.2, 0.25) is 5.02 Å². The van der Waals surface area contributed by atoms with Crippen molar-refractivity contribution in [2.75, 3.05) is 13.7 Å². The van der Waals surface area contributed by atoms with Gasteiger partial charge in [0, 0.05) is 17.0 Å². The van der Waals surface area contributed by atoms with Gasteiger partial charge in [-0.2, -0.15) is 0 Å². The molecule has 0 unspecified atom stereocenters. The van der Waals surface area contributed by atoms with E-state index < -0.39 is 0 Å². The number of aromatic nitrogens is 2. The molecule has 0 aliphatic rings. The van der Waals surface area contributed by atoms with Gasteiger partial charge in [-0.05, 0) is 34.1 Å². The molecule has 0 bridgehead atoms. The Kier molecular flexibility index (Phi) is 4.27. The van der Waals surface area contributed by atoms with Crippen LogP contribution in [0.15, 0.2) is 22.8 Å². The fourth-order valence-electron chi connectivity index (χ4n) is 1.67. The van der Waals surface area contributed by atoms with Crippen molar-refractivity contribution >= 4 is 27.5 Å². The highest BCUT2D eigenvalue weighted by Crippen LogP contribution is 2.35. The molecule has 1 aromatic heterocycles. The van der Waals surface area contributed by atoms with Crippen LogP contribution in [-0.4, -0.2) is 28.8 Å². The smallest absolute Gasteiger partial charge is 0.128 e. The molecule has 0 spiro atoms. The summed E-state index contributed by atoms with van der Waals surface area (Å²) in [6, 6.07) is 5.35. The van der Waals surface area contributed by atoms with Gasteiger partial charge in [-0.3, -0.25) is 0 Å². The molecule has 0 saturated heterocycles. The number of benzene rings is 1. The number of aromatic amines is 1. The van der Waals surface area contributed by atoms with Crippen molar-refractivity contribution in [2.24, 2.45) is 0 Å². The Labute approximate surface area is 118 Å². The normalized spacial score (nSPS) is 10.7. The van der Waals surface area contributed by atoms with Crippen molar-refractivity contribution < 1.29 is 9.84 Å². The predicted octanol–water partition coefficient (Wildman–Crippen LogP) is 3.04. The number of hydrogen-bond donors (Lipinski definition) is 2. The summed E-state index contributed by atoms with van der Waals surface area (Å²) < 4.78 is 6.04. The molecule has 18 heavy (non-hydrogen) atoms. The first-order valence-electron chi connectivity index (χ1n) is 5.35. The van der Waals surface area contributed by atoms with Crippen molar-refractivity contribution in [1.29, 1.82) is 0 Å². The molecule has 0 atom stereocenters. The van der Waals surface area contributed by atoms with Gasteiger partial charge >= 0.3 is 0 Å². The molecule has 0 radical (unpaired) electrons. The second-order valence-electron chi connectivity index (χ2n) is 3.66. The van der Waals surface area contributed by atoms with Crippen LogP contribution in [-0.2, 0) is 6.42 Å². The number of H-pyrrole nitrogens is 1. The topological polar surface area (TPSA) is 58.1 Å². The zero-order valence-corrected chi connectivity index (χ0v) is 12.0. The van der Waals surface area contributed by atoms with E-state index in [2.05, 4.69) is 25.9 Å². The SMILES string of the molecule is COc1ccc(Cl)cc1-c1nc(CCO)[nH]c1Br. The summed E-state index contributed by atoms with van der Waals surface area (Å²) >= 11 is 9.41. The molecule has 0 aliphatic carbocycles. The first kappa shape index (κ1) is 13.4. The number of nitrogens with one attached hydrogen (secondary N) is 1. The summed E-state index contributed by atoms with van der Waals surface area (Å²) in [5.41, 5.74) is 1.52. The lowest BCUT2D eigenvalue weighted by Crippen LogP contribution is -1.93. The van der Waals surface area contributed by atoms with Crippen LogP contribution >= 0.6 is 27.5 Å². The van der Waals surface area contributed by atoms with E-state index in [1.165, 1.54) is 0 Å². The van der Waals surface area contributed by atoms with Crippen LogP contribution in [0.25, 0.3) is 11.3 Å². The minimum Gasteiger partial charge on any atom is -0.496 e.